The van der Waals surface area contributed by atoms with Gasteiger partial charge in [-0.2, -0.15) is 13.9 Å². The average molecular weight is 516 g/mol. The molecular formula is C21H20F4N4O5S. The summed E-state index contributed by atoms with van der Waals surface area (Å²) < 4.78 is 81.1. The van der Waals surface area contributed by atoms with Crippen LogP contribution in [0.25, 0.3) is 16.7 Å². The Labute approximate surface area is 196 Å². The highest BCUT2D eigenvalue weighted by Crippen LogP contribution is 2.34. The van der Waals surface area contributed by atoms with E-state index >= 15 is 0 Å². The molecule has 1 fully saturated rings. The first kappa shape index (κ1) is 24.9. The van der Waals surface area contributed by atoms with E-state index in [0.717, 1.165) is 17.8 Å². The van der Waals surface area contributed by atoms with Gasteiger partial charge in [-0.3, -0.25) is 4.79 Å². The lowest BCUT2D eigenvalue weighted by Gasteiger charge is -2.38. The van der Waals surface area contributed by atoms with Crippen LogP contribution < -0.4 is 10.1 Å². The molecule has 1 aliphatic rings. The number of carbonyl (C=O) groups is 1. The minimum absolute atomic E-state index is 0.0379. The fourth-order valence-corrected chi connectivity index (χ4v) is 5.92. The van der Waals surface area contributed by atoms with E-state index in [1.54, 1.807) is 6.92 Å². The van der Waals surface area contributed by atoms with E-state index in [2.05, 4.69) is 20.1 Å². The second-order valence-corrected chi connectivity index (χ2v) is 10.8. The molecule has 4 rings (SSSR count). The van der Waals surface area contributed by atoms with E-state index in [4.69, 9.17) is 0 Å². The van der Waals surface area contributed by atoms with Gasteiger partial charge in [0.2, 0.25) is 0 Å². The molecule has 0 saturated carbocycles. The second kappa shape index (κ2) is 8.45. The number of halogens is 4. The second-order valence-electron chi connectivity index (χ2n) is 8.73. The molecule has 14 heteroatoms. The summed E-state index contributed by atoms with van der Waals surface area (Å²) in [7, 11) is -3.24. The van der Waals surface area contributed by atoms with Crippen LogP contribution >= 0.6 is 0 Å². The van der Waals surface area contributed by atoms with Crippen molar-refractivity contribution in [3.63, 3.8) is 0 Å². The highest BCUT2D eigenvalue weighted by molar-refractivity contribution is 7.93. The van der Waals surface area contributed by atoms with Crippen molar-refractivity contribution in [2.45, 2.75) is 38.0 Å². The number of benzene rings is 1. The monoisotopic (exact) mass is 516 g/mol. The minimum atomic E-state index is -3.26. The number of ether oxygens (including phenoxy) is 1. The number of aromatic nitrogens is 3. The number of rotatable bonds is 7. The predicted molar refractivity (Wildman–Crippen MR) is 116 cm³/mol. The Morgan fingerprint density at radius 1 is 1.26 bits per heavy atom. The zero-order valence-electron chi connectivity index (χ0n) is 18.4. The predicted octanol–water partition coefficient (Wildman–Crippen LogP) is 2.41. The highest BCUT2D eigenvalue weighted by Gasteiger charge is 2.46. The molecule has 3 heterocycles. The zero-order chi connectivity index (χ0) is 25.8. The maximum Gasteiger partial charge on any atom is 0.387 e. The van der Waals surface area contributed by atoms with E-state index in [9.17, 15) is 35.9 Å². The van der Waals surface area contributed by atoms with Crippen molar-refractivity contribution < 1.29 is 40.6 Å². The summed E-state index contributed by atoms with van der Waals surface area (Å²) in [4.78, 5) is 16.9. The van der Waals surface area contributed by atoms with Gasteiger partial charge in [-0.1, -0.05) is 6.07 Å². The molecule has 0 radical (unpaired) electrons. The molecule has 1 aliphatic heterocycles. The quantitative estimate of drug-likeness (QED) is 0.463. The van der Waals surface area contributed by atoms with Gasteiger partial charge in [-0.15, -0.1) is 0 Å². The molecule has 3 aromatic rings. The number of fused-ring (bicyclic) bond motifs is 1. The summed E-state index contributed by atoms with van der Waals surface area (Å²) in [5.41, 5.74) is -4.22. The summed E-state index contributed by atoms with van der Waals surface area (Å²) in [6, 6.07) is 6.45. The van der Waals surface area contributed by atoms with Crippen molar-refractivity contribution in [3.05, 3.63) is 47.8 Å². The molecular weight excluding hydrogens is 496 g/mol. The first-order valence-electron chi connectivity index (χ1n) is 10.2. The molecule has 1 aromatic carbocycles. The van der Waals surface area contributed by atoms with E-state index in [1.807, 2.05) is 0 Å². The number of sulfone groups is 1. The largest absolute Gasteiger partial charge is 0.435 e. The molecule has 9 nitrogen and oxygen atoms in total. The number of amides is 1. The van der Waals surface area contributed by atoms with Gasteiger partial charge in [0.15, 0.2) is 21.1 Å². The SMILES string of the molecule is CC1(NC(=O)c2cnc3c(c2)c(C(C)(O)C(F)F)nn3-c2cccc(OC(F)F)c2)CS(=O)(=O)C1. The Kier molecular flexibility index (Phi) is 6.00. The van der Waals surface area contributed by atoms with E-state index in [-0.39, 0.29) is 39.5 Å². The van der Waals surface area contributed by atoms with E-state index in [1.165, 1.54) is 30.3 Å². The van der Waals surface area contributed by atoms with Crippen molar-refractivity contribution >= 4 is 26.8 Å². The van der Waals surface area contributed by atoms with Crippen LogP contribution in [0.2, 0.25) is 0 Å². The van der Waals surface area contributed by atoms with Crippen molar-refractivity contribution in [2.24, 2.45) is 0 Å². The summed E-state index contributed by atoms with van der Waals surface area (Å²) in [6.45, 7) is -0.702. The number of hydrogen-bond donors (Lipinski definition) is 2. The molecule has 1 atom stereocenters. The Bertz CT molecular complexity index is 1400. The standard InChI is InChI=1S/C21H20F4N4O5S/c1-20(9-35(32,33)10-20)27-17(30)11-6-14-15(21(2,31)18(22)23)28-29(16(14)26-8-11)12-4-3-5-13(7-12)34-19(24)25/h3-8,18-19,31H,9-10H2,1-2H3,(H,27,30). The molecule has 0 spiro atoms. The molecule has 188 valence electrons. The number of alkyl halides is 4. The zero-order valence-corrected chi connectivity index (χ0v) is 19.2. The van der Waals surface area contributed by atoms with Gasteiger partial charge in [-0.05, 0) is 32.0 Å². The van der Waals surface area contributed by atoms with Crippen LogP contribution in [0.5, 0.6) is 5.75 Å². The molecule has 0 bridgehead atoms. The third kappa shape index (κ3) is 4.80. The lowest BCUT2D eigenvalue weighted by molar-refractivity contribution is -0.0903. The maximum atomic E-state index is 13.7. The smallest absolute Gasteiger partial charge is 0.387 e. The van der Waals surface area contributed by atoms with Crippen LogP contribution in [0.15, 0.2) is 36.5 Å². The third-order valence-corrected chi connectivity index (χ3v) is 7.62. The normalized spacial score (nSPS) is 18.3. The number of nitrogens with one attached hydrogen (secondary N) is 1. The summed E-state index contributed by atoms with van der Waals surface area (Å²) in [6.07, 6.45) is -2.13. The summed E-state index contributed by atoms with van der Waals surface area (Å²) >= 11 is 0. The highest BCUT2D eigenvalue weighted by atomic mass is 32.2. The van der Waals surface area contributed by atoms with Gasteiger partial charge in [-0.25, -0.2) is 26.9 Å². The molecule has 2 N–H and O–H groups in total. The number of nitrogens with zero attached hydrogens (tertiary/aromatic N) is 3. The lowest BCUT2D eigenvalue weighted by atomic mass is 9.99. The van der Waals surface area contributed by atoms with Gasteiger partial charge < -0.3 is 15.2 Å². The molecule has 1 saturated heterocycles. The Balaban J connectivity index is 1.80. The van der Waals surface area contributed by atoms with Crippen molar-refractivity contribution in [1.29, 1.82) is 0 Å². The lowest BCUT2D eigenvalue weighted by Crippen LogP contribution is -2.63. The summed E-state index contributed by atoms with van der Waals surface area (Å²) in [5, 5.41) is 17.0. The van der Waals surface area contributed by atoms with E-state index < -0.39 is 45.6 Å². The van der Waals surface area contributed by atoms with E-state index in [0.29, 0.717) is 0 Å². The maximum absolute atomic E-state index is 13.7. The Morgan fingerprint density at radius 3 is 2.54 bits per heavy atom. The van der Waals surface area contributed by atoms with Crippen LogP contribution in [-0.4, -0.2) is 64.3 Å². The van der Waals surface area contributed by atoms with Crippen LogP contribution in [-0.2, 0) is 15.4 Å². The van der Waals surface area contributed by atoms with Gasteiger partial charge in [0.1, 0.15) is 11.4 Å². The third-order valence-electron chi connectivity index (χ3n) is 5.47. The molecule has 35 heavy (non-hydrogen) atoms. The number of aliphatic hydroxyl groups is 1. The molecule has 2 aromatic heterocycles. The first-order valence-corrected chi connectivity index (χ1v) is 12.0. The van der Waals surface area contributed by atoms with Gasteiger partial charge in [0, 0.05) is 17.6 Å². The van der Waals surface area contributed by atoms with Gasteiger partial charge in [0.05, 0.1) is 28.3 Å². The summed E-state index contributed by atoms with van der Waals surface area (Å²) in [5.74, 6) is -1.41. The topological polar surface area (TPSA) is 123 Å². The Hall–Kier alpha value is -3.26. The van der Waals surface area contributed by atoms with Crippen LogP contribution in [0.3, 0.4) is 0 Å². The van der Waals surface area contributed by atoms with Gasteiger partial charge in [0.25, 0.3) is 12.3 Å². The van der Waals surface area contributed by atoms with Crippen molar-refractivity contribution in [1.82, 2.24) is 20.1 Å². The number of hydrogen-bond acceptors (Lipinski definition) is 7. The first-order chi connectivity index (χ1) is 16.2. The van der Waals surface area contributed by atoms with Gasteiger partial charge >= 0.3 is 6.61 Å². The minimum Gasteiger partial charge on any atom is -0.435 e. The van der Waals surface area contributed by atoms with Crippen molar-refractivity contribution in [2.75, 3.05) is 11.5 Å². The number of pyridine rings is 1. The molecule has 1 unspecified atom stereocenters. The Morgan fingerprint density at radius 2 is 1.94 bits per heavy atom. The number of carbonyl (C=O) groups excluding carboxylic acids is 1. The van der Waals surface area contributed by atoms with Crippen LogP contribution in [0.1, 0.15) is 29.9 Å². The average Bonchev–Trinajstić information content (AvgIpc) is 3.11. The molecule has 1 amide bonds. The van der Waals surface area contributed by atoms with Crippen LogP contribution in [0, 0.1) is 0 Å². The molecule has 0 aliphatic carbocycles. The van der Waals surface area contributed by atoms with Crippen LogP contribution in [0.4, 0.5) is 17.6 Å². The fourth-order valence-electron chi connectivity index (χ4n) is 3.92. The fraction of sp³-hybridized carbons (Fsp3) is 0.381. The van der Waals surface area contributed by atoms with Crippen molar-refractivity contribution in [3.8, 4) is 11.4 Å².